The molecule has 19 heavy (non-hydrogen) atoms. The summed E-state index contributed by atoms with van der Waals surface area (Å²) >= 11 is 8.14. The second kappa shape index (κ2) is 6.11. The zero-order chi connectivity index (χ0) is 14.0. The average molecular weight is 393 g/mol. The Hall–Kier alpha value is -0.790. The molecule has 0 bridgehead atoms. The maximum atomic E-state index is 13.4. The van der Waals surface area contributed by atoms with Gasteiger partial charge in [0.2, 0.25) is 0 Å². The van der Waals surface area contributed by atoms with Crippen LogP contribution in [0.4, 0.5) is 4.39 Å². The number of ether oxygens (including phenoxy) is 1. The Balaban J connectivity index is 2.55. The van der Waals surface area contributed by atoms with E-state index < -0.39 is 0 Å². The summed E-state index contributed by atoms with van der Waals surface area (Å²) in [6.07, 6.45) is 0. The van der Waals surface area contributed by atoms with Crippen molar-refractivity contribution < 1.29 is 9.13 Å². The van der Waals surface area contributed by atoms with Gasteiger partial charge in [-0.25, -0.2) is 14.4 Å². The van der Waals surface area contributed by atoms with E-state index in [0.717, 1.165) is 9.13 Å². The molecule has 0 aliphatic heterocycles. The van der Waals surface area contributed by atoms with Gasteiger partial charge in [-0.1, -0.05) is 11.6 Å². The molecule has 0 saturated carbocycles. The molecule has 1 aromatic carbocycles. The second-order valence-corrected chi connectivity index (χ2v) is 5.49. The van der Waals surface area contributed by atoms with Gasteiger partial charge in [-0.2, -0.15) is 0 Å². The third-order valence-electron chi connectivity index (χ3n) is 2.46. The van der Waals surface area contributed by atoms with E-state index in [4.69, 9.17) is 16.3 Å². The molecule has 0 saturated heterocycles. The zero-order valence-corrected chi connectivity index (χ0v) is 13.3. The quantitative estimate of drug-likeness (QED) is 0.585. The lowest BCUT2D eigenvalue weighted by molar-refractivity contribution is 0.181. The average Bonchev–Trinajstić information content (AvgIpc) is 2.33. The van der Waals surface area contributed by atoms with Crippen LogP contribution in [-0.4, -0.2) is 17.1 Å². The van der Waals surface area contributed by atoms with E-state index in [1.54, 1.807) is 7.11 Å². The normalized spacial score (nSPS) is 10.8. The molecule has 0 aliphatic rings. The molecule has 0 unspecified atom stereocenters. The van der Waals surface area contributed by atoms with Crippen LogP contribution in [-0.2, 0) is 11.3 Å². The first-order valence-electron chi connectivity index (χ1n) is 5.49. The van der Waals surface area contributed by atoms with Gasteiger partial charge in [0, 0.05) is 12.7 Å². The minimum atomic E-state index is -0.318. The molecular formula is C13H11ClFIN2O. The van der Waals surface area contributed by atoms with E-state index in [0.29, 0.717) is 28.8 Å². The first-order chi connectivity index (χ1) is 9.01. The summed E-state index contributed by atoms with van der Waals surface area (Å²) in [4.78, 5) is 8.57. The maximum Gasteiger partial charge on any atom is 0.161 e. The second-order valence-electron chi connectivity index (χ2n) is 4.05. The number of aryl methyl sites for hydroxylation is 1. The van der Waals surface area contributed by atoms with Crippen LogP contribution in [0.15, 0.2) is 18.2 Å². The van der Waals surface area contributed by atoms with Crippen LogP contribution in [0, 0.1) is 16.3 Å². The Morgan fingerprint density at radius 2 is 2.05 bits per heavy atom. The van der Waals surface area contributed by atoms with Crippen LogP contribution in [0.3, 0.4) is 0 Å². The molecule has 0 aliphatic carbocycles. The summed E-state index contributed by atoms with van der Waals surface area (Å²) in [6.45, 7) is 2.15. The van der Waals surface area contributed by atoms with Crippen molar-refractivity contribution in [2.75, 3.05) is 7.11 Å². The molecule has 100 valence electrons. The number of nitrogens with zero attached hydrogens (tertiary/aromatic N) is 2. The lowest BCUT2D eigenvalue weighted by Crippen LogP contribution is -2.02. The topological polar surface area (TPSA) is 35.0 Å². The largest absolute Gasteiger partial charge is 0.378 e. The molecule has 3 nitrogen and oxygen atoms in total. The van der Waals surface area contributed by atoms with E-state index in [1.165, 1.54) is 12.1 Å². The monoisotopic (exact) mass is 392 g/mol. The summed E-state index contributed by atoms with van der Waals surface area (Å²) in [5.41, 5.74) is 2.11. The van der Waals surface area contributed by atoms with Crippen molar-refractivity contribution in [3.63, 3.8) is 0 Å². The highest BCUT2D eigenvalue weighted by Crippen LogP contribution is 2.25. The molecule has 0 amide bonds. The smallest absolute Gasteiger partial charge is 0.161 e. The van der Waals surface area contributed by atoms with Crippen molar-refractivity contribution in [3.05, 3.63) is 44.0 Å². The number of rotatable bonds is 3. The van der Waals surface area contributed by atoms with E-state index in [9.17, 15) is 4.39 Å². The van der Waals surface area contributed by atoms with Crippen molar-refractivity contribution in [2.45, 2.75) is 13.5 Å². The fraction of sp³-hybridized carbons (Fsp3) is 0.231. The van der Waals surface area contributed by atoms with Gasteiger partial charge in [0.15, 0.2) is 5.82 Å². The van der Waals surface area contributed by atoms with Gasteiger partial charge in [0.1, 0.15) is 11.0 Å². The van der Waals surface area contributed by atoms with Crippen molar-refractivity contribution in [1.29, 1.82) is 0 Å². The van der Waals surface area contributed by atoms with Crippen LogP contribution < -0.4 is 0 Å². The number of hydrogen-bond acceptors (Lipinski definition) is 3. The Bertz CT molecular complexity index is 602. The first kappa shape index (κ1) is 14.6. The molecule has 2 aromatic rings. The highest BCUT2D eigenvalue weighted by molar-refractivity contribution is 14.1. The minimum absolute atomic E-state index is 0.318. The summed E-state index contributed by atoms with van der Waals surface area (Å²) in [5, 5.41) is 0.347. The molecule has 1 aromatic heterocycles. The standard InChI is InChI=1S/C13H11ClFIN2O/c1-7-3-8(5-9(15)4-7)13-17-10(6-19-2)11(16)12(14)18-13/h3-5H,6H2,1-2H3. The van der Waals surface area contributed by atoms with Gasteiger partial charge in [0.25, 0.3) is 0 Å². The Morgan fingerprint density at radius 3 is 2.68 bits per heavy atom. The summed E-state index contributed by atoms with van der Waals surface area (Å²) < 4.78 is 19.2. The maximum absolute atomic E-state index is 13.4. The van der Waals surface area contributed by atoms with E-state index in [2.05, 4.69) is 32.6 Å². The molecule has 0 fully saturated rings. The molecule has 0 N–H and O–H groups in total. The Kier molecular flexibility index (Phi) is 4.70. The van der Waals surface area contributed by atoms with E-state index in [-0.39, 0.29) is 5.82 Å². The highest BCUT2D eigenvalue weighted by Gasteiger charge is 2.12. The van der Waals surface area contributed by atoms with E-state index in [1.807, 2.05) is 13.0 Å². The molecule has 0 atom stereocenters. The third kappa shape index (κ3) is 3.40. The first-order valence-corrected chi connectivity index (χ1v) is 6.95. The number of hydrogen-bond donors (Lipinski definition) is 0. The Labute approximate surface area is 129 Å². The van der Waals surface area contributed by atoms with Gasteiger partial charge >= 0.3 is 0 Å². The molecule has 0 spiro atoms. The third-order valence-corrected chi connectivity index (χ3v) is 4.19. The fourth-order valence-electron chi connectivity index (χ4n) is 1.69. The highest BCUT2D eigenvalue weighted by atomic mass is 127. The number of aromatic nitrogens is 2. The van der Waals surface area contributed by atoms with Crippen molar-refractivity contribution >= 4 is 34.2 Å². The predicted molar refractivity (Wildman–Crippen MR) is 80.6 cm³/mol. The number of benzene rings is 1. The van der Waals surface area contributed by atoms with Gasteiger partial charge in [0.05, 0.1) is 15.9 Å². The fourth-order valence-corrected chi connectivity index (χ4v) is 2.28. The van der Waals surface area contributed by atoms with Crippen molar-refractivity contribution in [3.8, 4) is 11.4 Å². The molecule has 6 heteroatoms. The lowest BCUT2D eigenvalue weighted by atomic mass is 10.1. The Morgan fingerprint density at radius 1 is 1.32 bits per heavy atom. The number of methoxy groups -OCH3 is 1. The SMILES string of the molecule is COCc1nc(-c2cc(C)cc(F)c2)nc(Cl)c1I. The summed E-state index contributed by atoms with van der Waals surface area (Å²) in [6, 6.07) is 4.66. The van der Waals surface area contributed by atoms with Crippen molar-refractivity contribution in [1.82, 2.24) is 9.97 Å². The van der Waals surface area contributed by atoms with Crippen molar-refractivity contribution in [2.24, 2.45) is 0 Å². The van der Waals surface area contributed by atoms with Gasteiger partial charge in [-0.05, 0) is 53.3 Å². The van der Waals surface area contributed by atoms with Crippen LogP contribution >= 0.6 is 34.2 Å². The molecule has 0 radical (unpaired) electrons. The molecule has 1 heterocycles. The summed E-state index contributed by atoms with van der Waals surface area (Å²) in [5.74, 6) is 0.0848. The minimum Gasteiger partial charge on any atom is -0.378 e. The predicted octanol–water partition coefficient (Wildman–Crippen LogP) is 4.00. The summed E-state index contributed by atoms with van der Waals surface area (Å²) in [7, 11) is 1.58. The number of halogens is 3. The lowest BCUT2D eigenvalue weighted by Gasteiger charge is -2.08. The molecule has 2 rings (SSSR count). The van der Waals surface area contributed by atoms with Gasteiger partial charge in [-0.15, -0.1) is 0 Å². The van der Waals surface area contributed by atoms with Gasteiger partial charge in [-0.3, -0.25) is 0 Å². The van der Waals surface area contributed by atoms with E-state index >= 15 is 0 Å². The van der Waals surface area contributed by atoms with Crippen LogP contribution in [0.1, 0.15) is 11.3 Å². The van der Waals surface area contributed by atoms with Crippen LogP contribution in [0.2, 0.25) is 5.15 Å². The molecular weight excluding hydrogens is 382 g/mol. The van der Waals surface area contributed by atoms with Crippen LogP contribution in [0.25, 0.3) is 11.4 Å². The van der Waals surface area contributed by atoms with Crippen LogP contribution in [0.5, 0.6) is 0 Å². The zero-order valence-electron chi connectivity index (χ0n) is 10.4. The van der Waals surface area contributed by atoms with Gasteiger partial charge < -0.3 is 4.74 Å².